The molecular formula is C23H25Cl3N2O3. The first-order valence-electron chi connectivity index (χ1n) is 9.96. The van der Waals surface area contributed by atoms with Crippen molar-refractivity contribution in [1.82, 2.24) is 4.90 Å². The van der Waals surface area contributed by atoms with E-state index in [4.69, 9.17) is 44.4 Å². The summed E-state index contributed by atoms with van der Waals surface area (Å²) in [6, 6.07) is 13.1. The lowest BCUT2D eigenvalue weighted by molar-refractivity contribution is 0.00336. The zero-order valence-electron chi connectivity index (χ0n) is 17.0. The third kappa shape index (κ3) is 7.49. The first-order valence-corrected chi connectivity index (χ1v) is 11.1. The van der Waals surface area contributed by atoms with Gasteiger partial charge in [0.25, 0.3) is 0 Å². The van der Waals surface area contributed by atoms with Gasteiger partial charge >= 0.3 is 0 Å². The third-order valence-corrected chi connectivity index (χ3v) is 5.73. The minimum Gasteiger partial charge on any atom is -0.390 e. The van der Waals surface area contributed by atoms with Crippen molar-refractivity contribution in [2.75, 3.05) is 26.3 Å². The molecule has 0 bridgehead atoms. The molecule has 0 saturated carbocycles. The summed E-state index contributed by atoms with van der Waals surface area (Å²) in [4.78, 5) is 7.80. The first kappa shape index (κ1) is 24.1. The number of ether oxygens (including phenoxy) is 1. The first-order chi connectivity index (χ1) is 14.9. The van der Waals surface area contributed by atoms with Crippen LogP contribution in [-0.4, -0.2) is 54.2 Å². The van der Waals surface area contributed by atoms with Crippen LogP contribution in [0.2, 0.25) is 15.1 Å². The van der Waals surface area contributed by atoms with Crippen molar-refractivity contribution < 1.29 is 14.7 Å². The molecule has 0 aliphatic carbocycles. The molecule has 1 heterocycles. The van der Waals surface area contributed by atoms with E-state index in [9.17, 15) is 5.11 Å². The molecule has 0 radical (unpaired) electrons. The van der Waals surface area contributed by atoms with Gasteiger partial charge in [-0.1, -0.05) is 64.2 Å². The van der Waals surface area contributed by atoms with E-state index in [2.05, 4.69) is 16.6 Å². The maximum absolute atomic E-state index is 10.4. The monoisotopic (exact) mass is 482 g/mol. The van der Waals surface area contributed by atoms with Gasteiger partial charge in [0.05, 0.1) is 35.1 Å². The zero-order chi connectivity index (χ0) is 22.2. The molecule has 2 aromatic carbocycles. The summed E-state index contributed by atoms with van der Waals surface area (Å²) in [5.41, 5.74) is 2.76. The number of oxime groups is 1. The van der Waals surface area contributed by atoms with Gasteiger partial charge in [-0.3, -0.25) is 4.90 Å². The number of aliphatic hydroxyl groups excluding tert-OH is 1. The van der Waals surface area contributed by atoms with Crippen molar-refractivity contribution in [2.24, 2.45) is 5.16 Å². The Balaban J connectivity index is 1.63. The Morgan fingerprint density at radius 1 is 1.23 bits per heavy atom. The second-order valence-electron chi connectivity index (χ2n) is 7.40. The van der Waals surface area contributed by atoms with E-state index in [0.717, 1.165) is 16.8 Å². The van der Waals surface area contributed by atoms with Crippen LogP contribution in [0.4, 0.5) is 0 Å². The topological polar surface area (TPSA) is 54.3 Å². The molecule has 0 spiro atoms. The number of benzene rings is 2. The summed E-state index contributed by atoms with van der Waals surface area (Å²) >= 11 is 18.3. The SMILES string of the molecule is C=CCOCC(O)CN(Cc1cccc(Cl)c1)CC1CC(c2ccc(Cl)c(Cl)c2)=NO1. The Kier molecular flexibility index (Phi) is 9.20. The van der Waals surface area contributed by atoms with Crippen LogP contribution in [0.25, 0.3) is 0 Å². The highest BCUT2D eigenvalue weighted by Gasteiger charge is 2.26. The molecule has 5 nitrogen and oxygen atoms in total. The fraction of sp³-hybridized carbons (Fsp3) is 0.348. The zero-order valence-corrected chi connectivity index (χ0v) is 19.3. The molecule has 1 N–H and O–H groups in total. The lowest BCUT2D eigenvalue weighted by atomic mass is 10.0. The van der Waals surface area contributed by atoms with Gasteiger partial charge in [0.1, 0.15) is 6.10 Å². The molecule has 0 aromatic heterocycles. The number of nitrogens with zero attached hydrogens (tertiary/aromatic N) is 2. The molecule has 0 amide bonds. The number of rotatable bonds is 11. The van der Waals surface area contributed by atoms with Gasteiger partial charge in [-0.2, -0.15) is 0 Å². The van der Waals surface area contributed by atoms with Gasteiger partial charge in [-0.05, 0) is 29.8 Å². The molecule has 0 saturated heterocycles. The molecule has 1 aliphatic rings. The molecule has 2 atom stereocenters. The van der Waals surface area contributed by atoms with Gasteiger partial charge in [0, 0.05) is 36.6 Å². The summed E-state index contributed by atoms with van der Waals surface area (Å²) in [6.45, 7) is 5.87. The van der Waals surface area contributed by atoms with Gasteiger partial charge in [0.15, 0.2) is 0 Å². The highest BCUT2D eigenvalue weighted by Crippen LogP contribution is 2.26. The molecule has 0 fully saturated rings. The number of halogens is 3. The van der Waals surface area contributed by atoms with Crippen LogP contribution < -0.4 is 0 Å². The lowest BCUT2D eigenvalue weighted by Gasteiger charge is -2.27. The average Bonchev–Trinajstić information content (AvgIpc) is 3.18. The predicted octanol–water partition coefficient (Wildman–Crippen LogP) is 5.21. The Labute approximate surface area is 197 Å². The summed E-state index contributed by atoms with van der Waals surface area (Å²) in [5, 5.41) is 16.3. The van der Waals surface area contributed by atoms with E-state index < -0.39 is 6.10 Å². The molecule has 3 rings (SSSR count). The van der Waals surface area contributed by atoms with Crippen LogP contribution >= 0.6 is 34.8 Å². The van der Waals surface area contributed by atoms with Crippen LogP contribution in [-0.2, 0) is 16.1 Å². The maximum Gasteiger partial charge on any atom is 0.145 e. The predicted molar refractivity (Wildman–Crippen MR) is 126 cm³/mol. The quantitative estimate of drug-likeness (QED) is 0.352. The minimum absolute atomic E-state index is 0.148. The Hall–Kier alpha value is -1.60. The summed E-state index contributed by atoms with van der Waals surface area (Å²) in [6.07, 6.45) is 1.50. The number of hydrogen-bond acceptors (Lipinski definition) is 5. The Morgan fingerprint density at radius 2 is 2.06 bits per heavy atom. The van der Waals surface area contributed by atoms with Crippen LogP contribution in [0, 0.1) is 0 Å². The number of hydrogen-bond donors (Lipinski definition) is 1. The lowest BCUT2D eigenvalue weighted by Crippen LogP contribution is -2.39. The van der Waals surface area contributed by atoms with E-state index in [0.29, 0.717) is 47.7 Å². The highest BCUT2D eigenvalue weighted by atomic mass is 35.5. The third-order valence-electron chi connectivity index (χ3n) is 4.76. The van der Waals surface area contributed by atoms with Crippen molar-refractivity contribution in [2.45, 2.75) is 25.2 Å². The average molecular weight is 484 g/mol. The van der Waals surface area contributed by atoms with E-state index in [1.165, 1.54) is 0 Å². The Morgan fingerprint density at radius 3 is 2.81 bits per heavy atom. The summed E-state index contributed by atoms with van der Waals surface area (Å²) in [5.74, 6) is 0. The minimum atomic E-state index is -0.643. The maximum atomic E-state index is 10.4. The summed E-state index contributed by atoms with van der Waals surface area (Å²) < 4.78 is 5.39. The van der Waals surface area contributed by atoms with Crippen molar-refractivity contribution in [1.29, 1.82) is 0 Å². The van der Waals surface area contributed by atoms with E-state index in [1.54, 1.807) is 18.2 Å². The second-order valence-corrected chi connectivity index (χ2v) is 8.65. The molecule has 2 unspecified atom stereocenters. The fourth-order valence-electron chi connectivity index (χ4n) is 3.40. The van der Waals surface area contributed by atoms with Crippen molar-refractivity contribution in [3.63, 3.8) is 0 Å². The standard InChI is InChI=1S/C23H25Cl3N2O3/c1-2-8-30-15-19(29)13-28(12-16-4-3-5-18(24)9-16)14-20-11-23(27-31-20)17-6-7-21(25)22(26)10-17/h2-7,9-10,19-20,29H,1,8,11-15H2. The second kappa shape index (κ2) is 11.9. The molecule has 166 valence electrons. The van der Waals surface area contributed by atoms with Gasteiger partial charge in [0.2, 0.25) is 0 Å². The van der Waals surface area contributed by atoms with Crippen LogP contribution in [0.15, 0.2) is 60.3 Å². The summed E-state index contributed by atoms with van der Waals surface area (Å²) in [7, 11) is 0. The largest absolute Gasteiger partial charge is 0.390 e. The number of aliphatic hydroxyl groups is 1. The molecule has 8 heteroatoms. The normalized spacial score (nSPS) is 16.8. The van der Waals surface area contributed by atoms with Crippen molar-refractivity contribution in [3.8, 4) is 0 Å². The molecule has 2 aromatic rings. The van der Waals surface area contributed by atoms with E-state index >= 15 is 0 Å². The smallest absolute Gasteiger partial charge is 0.145 e. The highest BCUT2D eigenvalue weighted by molar-refractivity contribution is 6.42. The van der Waals surface area contributed by atoms with Gasteiger partial charge < -0.3 is 14.7 Å². The van der Waals surface area contributed by atoms with Crippen molar-refractivity contribution in [3.05, 3.63) is 81.3 Å². The van der Waals surface area contributed by atoms with Gasteiger partial charge in [-0.25, -0.2) is 0 Å². The van der Waals surface area contributed by atoms with Crippen LogP contribution in [0.1, 0.15) is 17.5 Å². The van der Waals surface area contributed by atoms with Crippen LogP contribution in [0.5, 0.6) is 0 Å². The fourth-order valence-corrected chi connectivity index (χ4v) is 3.91. The van der Waals surface area contributed by atoms with Gasteiger partial charge in [-0.15, -0.1) is 6.58 Å². The van der Waals surface area contributed by atoms with E-state index in [-0.39, 0.29) is 12.7 Å². The molecule has 31 heavy (non-hydrogen) atoms. The van der Waals surface area contributed by atoms with Crippen LogP contribution in [0.3, 0.4) is 0 Å². The molecular weight excluding hydrogens is 459 g/mol. The van der Waals surface area contributed by atoms with Crippen molar-refractivity contribution >= 4 is 40.5 Å². The Bertz CT molecular complexity index is 923. The van der Waals surface area contributed by atoms with E-state index in [1.807, 2.05) is 30.3 Å². The molecule has 1 aliphatic heterocycles.